The number of halogens is 1. The number of benzene rings is 2. The molecule has 0 heterocycles. The number of hydrogen-bond donors (Lipinski definition) is 1. The fraction of sp³-hybridized carbons (Fsp3) is 0.0714. The number of carboxylic acids is 1. The van der Waals surface area contributed by atoms with Crippen molar-refractivity contribution in [2.45, 2.75) is 4.90 Å². The minimum absolute atomic E-state index is 0.107. The minimum Gasteiger partial charge on any atom is -0.480 e. The Hall–Kier alpha value is -2.21. The Morgan fingerprint density at radius 2 is 1.75 bits per heavy atom. The zero-order valence-electron chi connectivity index (χ0n) is 12.0. The van der Waals surface area contributed by atoms with Gasteiger partial charge in [0.1, 0.15) is 6.54 Å². The fourth-order valence-corrected chi connectivity index (χ4v) is 3.92. The summed E-state index contributed by atoms with van der Waals surface area (Å²) in [5, 5.41) is 20.1. The average Bonchev–Trinajstić information content (AvgIpc) is 2.53. The zero-order chi connectivity index (χ0) is 17.9. The third kappa shape index (κ3) is 3.82. The lowest BCUT2D eigenvalue weighted by molar-refractivity contribution is -0.387. The second-order valence-corrected chi connectivity index (χ2v) is 7.68. The van der Waals surface area contributed by atoms with Gasteiger partial charge in [0.2, 0.25) is 0 Å². The van der Waals surface area contributed by atoms with Gasteiger partial charge >= 0.3 is 5.97 Å². The van der Waals surface area contributed by atoms with E-state index in [9.17, 15) is 23.3 Å². The van der Waals surface area contributed by atoms with E-state index in [-0.39, 0.29) is 5.69 Å². The van der Waals surface area contributed by atoms with Gasteiger partial charge in [-0.1, -0.05) is 12.1 Å². The molecule has 0 radical (unpaired) electrons. The molecule has 126 valence electrons. The molecule has 0 aliphatic carbocycles. The maximum absolute atomic E-state index is 12.8. The van der Waals surface area contributed by atoms with E-state index in [1.54, 1.807) is 12.1 Å². The standard InChI is InChI=1S/C14H11IN2O6S/c15-10-5-7-11(8-6-10)16(9-14(18)19)24(22,23)13-4-2-1-3-12(13)17(20)21/h1-8H,9H2,(H,18,19). The van der Waals surface area contributed by atoms with Crippen LogP contribution in [-0.2, 0) is 14.8 Å². The smallest absolute Gasteiger partial charge is 0.324 e. The quantitative estimate of drug-likeness (QED) is 0.401. The highest BCUT2D eigenvalue weighted by Gasteiger charge is 2.32. The van der Waals surface area contributed by atoms with Crippen LogP contribution in [0.1, 0.15) is 0 Å². The van der Waals surface area contributed by atoms with Crippen LogP contribution in [0.15, 0.2) is 53.4 Å². The van der Waals surface area contributed by atoms with Gasteiger partial charge in [-0.3, -0.25) is 19.2 Å². The Morgan fingerprint density at radius 3 is 2.29 bits per heavy atom. The molecule has 0 aliphatic heterocycles. The van der Waals surface area contributed by atoms with Crippen LogP contribution in [0, 0.1) is 13.7 Å². The molecule has 0 aromatic heterocycles. The molecule has 0 fully saturated rings. The molecule has 0 atom stereocenters. The molecule has 2 rings (SSSR count). The van der Waals surface area contributed by atoms with Gasteiger partial charge in [0, 0.05) is 9.64 Å². The Morgan fingerprint density at radius 1 is 1.17 bits per heavy atom. The lowest BCUT2D eigenvalue weighted by atomic mass is 10.3. The molecule has 0 unspecified atom stereocenters. The first-order chi connectivity index (χ1) is 11.2. The second-order valence-electron chi connectivity index (χ2n) is 4.61. The SMILES string of the molecule is O=C(O)CN(c1ccc(I)cc1)S(=O)(=O)c1ccccc1[N+](=O)[O-]. The van der Waals surface area contributed by atoms with Crippen LogP contribution >= 0.6 is 22.6 Å². The Balaban J connectivity index is 2.62. The van der Waals surface area contributed by atoms with E-state index in [1.165, 1.54) is 24.3 Å². The summed E-state index contributed by atoms with van der Waals surface area (Å²) in [6.45, 7) is -0.852. The van der Waals surface area contributed by atoms with Crippen molar-refractivity contribution in [2.75, 3.05) is 10.8 Å². The Labute approximate surface area is 151 Å². The zero-order valence-corrected chi connectivity index (χ0v) is 15.0. The summed E-state index contributed by atoms with van der Waals surface area (Å²) in [6, 6.07) is 10.9. The molecule has 2 aromatic carbocycles. The lowest BCUT2D eigenvalue weighted by Crippen LogP contribution is -2.36. The Bertz CT molecular complexity index is 882. The summed E-state index contributed by atoms with van der Waals surface area (Å²) in [6.07, 6.45) is 0. The van der Waals surface area contributed by atoms with Crippen molar-refractivity contribution in [1.29, 1.82) is 0 Å². The van der Waals surface area contributed by atoms with Gasteiger partial charge in [-0.15, -0.1) is 0 Å². The molecule has 0 saturated carbocycles. The normalized spacial score (nSPS) is 11.0. The summed E-state index contributed by atoms with van der Waals surface area (Å²) in [4.78, 5) is 20.8. The van der Waals surface area contributed by atoms with E-state index in [0.29, 0.717) is 4.31 Å². The number of para-hydroxylation sites is 1. The highest BCUT2D eigenvalue weighted by Crippen LogP contribution is 2.29. The largest absolute Gasteiger partial charge is 0.480 e. The molecule has 1 N–H and O–H groups in total. The molecule has 0 spiro atoms. The van der Waals surface area contributed by atoms with Crippen molar-refractivity contribution in [3.05, 3.63) is 62.2 Å². The topological polar surface area (TPSA) is 118 Å². The van der Waals surface area contributed by atoms with Crippen LogP contribution in [0.25, 0.3) is 0 Å². The van der Waals surface area contributed by atoms with Gasteiger partial charge in [0.15, 0.2) is 4.90 Å². The maximum Gasteiger partial charge on any atom is 0.324 e. The van der Waals surface area contributed by atoms with Crippen molar-refractivity contribution in [1.82, 2.24) is 0 Å². The number of nitro groups is 1. The van der Waals surface area contributed by atoms with E-state index in [1.807, 2.05) is 22.6 Å². The number of aliphatic carboxylic acids is 1. The molecular weight excluding hydrogens is 451 g/mol. The third-order valence-corrected chi connectivity index (χ3v) is 5.56. The van der Waals surface area contributed by atoms with E-state index in [2.05, 4.69) is 0 Å². The van der Waals surface area contributed by atoms with Crippen LogP contribution in [0.5, 0.6) is 0 Å². The van der Waals surface area contributed by atoms with Crippen LogP contribution in [0.3, 0.4) is 0 Å². The van der Waals surface area contributed by atoms with Gasteiger partial charge in [-0.05, 0) is 52.9 Å². The second kappa shape index (κ2) is 7.13. The fourth-order valence-electron chi connectivity index (χ4n) is 1.99. The maximum atomic E-state index is 12.8. The summed E-state index contributed by atoms with van der Waals surface area (Å²) in [5.41, 5.74) is -0.505. The number of rotatable bonds is 6. The number of sulfonamides is 1. The van der Waals surface area contributed by atoms with Crippen LogP contribution in [0.4, 0.5) is 11.4 Å². The Kier molecular flexibility index (Phi) is 5.39. The first-order valence-electron chi connectivity index (χ1n) is 6.47. The van der Waals surface area contributed by atoms with Gasteiger partial charge in [0.05, 0.1) is 10.6 Å². The molecule has 0 aliphatic rings. The van der Waals surface area contributed by atoms with Crippen molar-refractivity contribution in [3.63, 3.8) is 0 Å². The van der Waals surface area contributed by atoms with Crippen molar-refractivity contribution < 1.29 is 23.2 Å². The van der Waals surface area contributed by atoms with Gasteiger partial charge in [0.25, 0.3) is 15.7 Å². The van der Waals surface area contributed by atoms with Gasteiger partial charge in [-0.25, -0.2) is 8.42 Å². The number of anilines is 1. The lowest BCUT2D eigenvalue weighted by Gasteiger charge is -2.22. The van der Waals surface area contributed by atoms with E-state index >= 15 is 0 Å². The summed E-state index contributed by atoms with van der Waals surface area (Å²) < 4.78 is 27.1. The predicted octanol–water partition coefficient (Wildman–Crippen LogP) is 2.48. The molecule has 0 bridgehead atoms. The third-order valence-electron chi connectivity index (χ3n) is 3.02. The van der Waals surface area contributed by atoms with Gasteiger partial charge in [-0.2, -0.15) is 0 Å². The number of carboxylic acid groups (broad SMARTS) is 1. The first-order valence-corrected chi connectivity index (χ1v) is 8.99. The molecule has 2 aromatic rings. The first kappa shape index (κ1) is 18.1. The number of carbonyl (C=O) groups is 1. The van der Waals surface area contributed by atoms with Crippen LogP contribution in [0.2, 0.25) is 0 Å². The van der Waals surface area contributed by atoms with Gasteiger partial charge < -0.3 is 5.11 Å². The molecule has 0 saturated heterocycles. The van der Waals surface area contributed by atoms with E-state index in [0.717, 1.165) is 15.7 Å². The average molecular weight is 462 g/mol. The predicted molar refractivity (Wildman–Crippen MR) is 94.4 cm³/mol. The molecule has 8 nitrogen and oxygen atoms in total. The van der Waals surface area contributed by atoms with E-state index in [4.69, 9.17) is 5.11 Å². The van der Waals surface area contributed by atoms with Crippen LogP contribution < -0.4 is 4.31 Å². The molecule has 24 heavy (non-hydrogen) atoms. The summed E-state index contributed by atoms with van der Waals surface area (Å²) >= 11 is 2.02. The number of nitrogens with zero attached hydrogens (tertiary/aromatic N) is 2. The van der Waals surface area contributed by atoms with Crippen molar-refractivity contribution in [3.8, 4) is 0 Å². The summed E-state index contributed by atoms with van der Waals surface area (Å²) in [5.74, 6) is -1.38. The highest BCUT2D eigenvalue weighted by atomic mass is 127. The molecule has 10 heteroatoms. The number of hydrogen-bond acceptors (Lipinski definition) is 5. The van der Waals surface area contributed by atoms with Crippen molar-refractivity contribution >= 4 is 50.0 Å². The van der Waals surface area contributed by atoms with Crippen molar-refractivity contribution in [2.24, 2.45) is 0 Å². The summed E-state index contributed by atoms with van der Waals surface area (Å²) in [7, 11) is -4.43. The number of nitro benzene ring substituents is 1. The molecular formula is C14H11IN2O6S. The highest BCUT2D eigenvalue weighted by molar-refractivity contribution is 14.1. The van der Waals surface area contributed by atoms with E-state index < -0.39 is 38.0 Å². The minimum atomic E-state index is -4.43. The monoisotopic (exact) mass is 462 g/mol. The molecule has 0 amide bonds. The van der Waals surface area contributed by atoms with Crippen LogP contribution in [-0.4, -0.2) is 31.0 Å².